The van der Waals surface area contributed by atoms with Gasteiger partial charge in [0.2, 0.25) is 0 Å². The molecule has 0 unspecified atom stereocenters. The van der Waals surface area contributed by atoms with Crippen LogP contribution >= 0.6 is 39.9 Å². The van der Waals surface area contributed by atoms with Crippen molar-refractivity contribution in [1.82, 2.24) is 4.57 Å². The number of hydrogen-bond acceptors (Lipinski definition) is 2. The molecule has 1 aliphatic rings. The summed E-state index contributed by atoms with van der Waals surface area (Å²) in [6.45, 7) is 0. The Bertz CT molecular complexity index is 642. The summed E-state index contributed by atoms with van der Waals surface area (Å²) in [6.07, 6.45) is 0.985. The van der Waals surface area contributed by atoms with E-state index < -0.39 is 0 Å². The van der Waals surface area contributed by atoms with E-state index in [1.807, 2.05) is 13.1 Å². The van der Waals surface area contributed by atoms with Crippen LogP contribution in [0.15, 0.2) is 23.2 Å². The number of rotatable bonds is 0. The van der Waals surface area contributed by atoms with Gasteiger partial charge < -0.3 is 4.57 Å². The largest absolute Gasteiger partial charge is 0.320 e. The molecule has 3 rings (SSSR count). The Morgan fingerprint density at radius 3 is 2.88 bits per heavy atom. The van der Waals surface area contributed by atoms with Crippen LogP contribution in [-0.4, -0.2) is 11.6 Å². The molecule has 2 aromatic rings. The topological polar surface area (TPSA) is 17.3 Å². The minimum atomic E-state index is 0. The maximum absolute atomic E-state index is 6.01. The summed E-state index contributed by atoms with van der Waals surface area (Å²) < 4.78 is 2.17. The molecule has 0 N–H and O–H groups in total. The summed E-state index contributed by atoms with van der Waals surface area (Å²) >= 11 is 7.77. The molecule has 0 saturated heterocycles. The van der Waals surface area contributed by atoms with Gasteiger partial charge in [-0.15, -0.1) is 28.3 Å². The van der Waals surface area contributed by atoms with Crippen molar-refractivity contribution in [1.29, 1.82) is 0 Å². The summed E-state index contributed by atoms with van der Waals surface area (Å²) in [5.41, 5.74) is 3.93. The Balaban J connectivity index is 0.00000108. The number of thiazole rings is 1. The van der Waals surface area contributed by atoms with Crippen LogP contribution in [-0.2, 0) is 13.5 Å². The maximum atomic E-state index is 6.01. The van der Waals surface area contributed by atoms with Crippen molar-refractivity contribution in [2.45, 2.75) is 6.42 Å². The minimum absolute atomic E-state index is 0. The lowest BCUT2D eigenvalue weighted by molar-refractivity contribution is 0.876. The first-order valence-corrected chi connectivity index (χ1v) is 6.30. The number of benzene rings is 1. The third kappa shape index (κ3) is 1.88. The van der Waals surface area contributed by atoms with Crippen LogP contribution in [0.4, 0.5) is 0 Å². The molecule has 17 heavy (non-hydrogen) atoms. The number of hydrogen-bond donors (Lipinski definition) is 0. The highest BCUT2D eigenvalue weighted by molar-refractivity contribution is 8.93. The van der Waals surface area contributed by atoms with Gasteiger partial charge in [0.1, 0.15) is 0 Å². The van der Waals surface area contributed by atoms with Crippen molar-refractivity contribution in [2.24, 2.45) is 12.0 Å². The van der Waals surface area contributed by atoms with Gasteiger partial charge in [-0.05, 0) is 17.7 Å². The van der Waals surface area contributed by atoms with Crippen LogP contribution in [0.3, 0.4) is 0 Å². The number of fused-ring (bicyclic) bond motifs is 3. The zero-order valence-electron chi connectivity index (χ0n) is 9.53. The van der Waals surface area contributed by atoms with E-state index in [1.165, 1.54) is 21.7 Å². The smallest absolute Gasteiger partial charge is 0.184 e. The molecule has 2 nitrogen and oxygen atoms in total. The molecule has 0 amide bonds. The fourth-order valence-electron chi connectivity index (χ4n) is 2.27. The molecule has 0 bridgehead atoms. The quantitative estimate of drug-likeness (QED) is 0.600. The second-order valence-electron chi connectivity index (χ2n) is 3.92. The van der Waals surface area contributed by atoms with Gasteiger partial charge in [0, 0.05) is 36.0 Å². The average molecular weight is 332 g/mol. The van der Waals surface area contributed by atoms with Gasteiger partial charge in [-0.2, -0.15) is 0 Å². The zero-order valence-corrected chi connectivity index (χ0v) is 12.8. The molecule has 0 radical (unpaired) electrons. The van der Waals surface area contributed by atoms with Crippen LogP contribution in [0.25, 0.3) is 11.3 Å². The van der Waals surface area contributed by atoms with Crippen LogP contribution in [0.5, 0.6) is 0 Å². The molecule has 0 spiro atoms. The van der Waals surface area contributed by atoms with E-state index >= 15 is 0 Å². The number of halogens is 2. The second kappa shape index (κ2) is 4.59. The third-order valence-corrected chi connectivity index (χ3v) is 4.42. The number of aromatic nitrogens is 1. The molecule has 0 saturated carbocycles. The van der Waals surface area contributed by atoms with Crippen LogP contribution < -0.4 is 4.80 Å². The fraction of sp³-hybridized carbons (Fsp3) is 0.250. The highest BCUT2D eigenvalue weighted by Crippen LogP contribution is 2.38. The van der Waals surface area contributed by atoms with Gasteiger partial charge in [-0.1, -0.05) is 17.7 Å². The SMILES string of the molecule is Br.CN=c1sc2c(n1C)-c1ccc(Cl)cc1C2. The Morgan fingerprint density at radius 1 is 1.41 bits per heavy atom. The highest BCUT2D eigenvalue weighted by Gasteiger charge is 2.23. The predicted molar refractivity (Wildman–Crippen MR) is 78.4 cm³/mol. The molecular weight excluding hydrogens is 320 g/mol. The molecule has 1 aromatic carbocycles. The monoisotopic (exact) mass is 330 g/mol. The van der Waals surface area contributed by atoms with Gasteiger partial charge in [-0.25, -0.2) is 0 Å². The highest BCUT2D eigenvalue weighted by atomic mass is 79.9. The third-order valence-electron chi connectivity index (χ3n) is 2.97. The predicted octanol–water partition coefficient (Wildman–Crippen LogP) is 3.42. The Labute approximate surface area is 119 Å². The first-order chi connectivity index (χ1) is 7.70. The molecule has 90 valence electrons. The second-order valence-corrected chi connectivity index (χ2v) is 5.42. The minimum Gasteiger partial charge on any atom is -0.320 e. The summed E-state index contributed by atoms with van der Waals surface area (Å²) in [5.74, 6) is 0. The van der Waals surface area contributed by atoms with Crippen LogP contribution in [0.2, 0.25) is 5.02 Å². The molecule has 0 atom stereocenters. The molecule has 1 aromatic heterocycles. The normalized spacial score (nSPS) is 13.2. The van der Waals surface area contributed by atoms with E-state index in [9.17, 15) is 0 Å². The first kappa shape index (κ1) is 12.9. The van der Waals surface area contributed by atoms with Gasteiger partial charge in [0.15, 0.2) is 4.80 Å². The van der Waals surface area contributed by atoms with E-state index in [0.29, 0.717) is 0 Å². The lowest BCUT2D eigenvalue weighted by Gasteiger charge is -2.03. The van der Waals surface area contributed by atoms with Gasteiger partial charge in [0.25, 0.3) is 0 Å². The number of nitrogens with zero attached hydrogens (tertiary/aromatic N) is 2. The molecule has 1 aliphatic carbocycles. The van der Waals surface area contributed by atoms with Crippen LogP contribution in [0.1, 0.15) is 10.4 Å². The van der Waals surface area contributed by atoms with Gasteiger partial charge in [-0.3, -0.25) is 4.99 Å². The van der Waals surface area contributed by atoms with E-state index in [-0.39, 0.29) is 17.0 Å². The lowest BCUT2D eigenvalue weighted by Crippen LogP contribution is -2.10. The van der Waals surface area contributed by atoms with Crippen molar-refractivity contribution in [2.75, 3.05) is 7.05 Å². The summed E-state index contributed by atoms with van der Waals surface area (Å²) in [4.78, 5) is 6.74. The van der Waals surface area contributed by atoms with E-state index in [2.05, 4.69) is 28.7 Å². The summed E-state index contributed by atoms with van der Waals surface area (Å²) in [5, 5.41) is 0.817. The zero-order chi connectivity index (χ0) is 11.3. The van der Waals surface area contributed by atoms with Crippen LogP contribution in [0, 0.1) is 0 Å². The van der Waals surface area contributed by atoms with Crippen molar-refractivity contribution in [3.63, 3.8) is 0 Å². The Morgan fingerprint density at radius 2 is 2.18 bits per heavy atom. The molecule has 5 heteroatoms. The first-order valence-electron chi connectivity index (χ1n) is 5.11. The van der Waals surface area contributed by atoms with Crippen molar-refractivity contribution in [3.05, 3.63) is 38.5 Å². The molecular formula is C12H12BrClN2S. The standard InChI is InChI=1S/C12H11ClN2S.BrH/c1-14-12-15(2)11-9-4-3-8(13)5-7(9)6-10(11)16-12;/h3-5H,6H2,1-2H3;1H. The molecule has 0 fully saturated rings. The lowest BCUT2D eigenvalue weighted by atomic mass is 10.1. The van der Waals surface area contributed by atoms with Crippen molar-refractivity contribution >= 4 is 39.9 Å². The Kier molecular flexibility index (Phi) is 3.48. The Hall–Kier alpha value is -0.580. The van der Waals surface area contributed by atoms with Gasteiger partial charge in [0.05, 0.1) is 5.69 Å². The van der Waals surface area contributed by atoms with E-state index in [4.69, 9.17) is 11.6 Å². The van der Waals surface area contributed by atoms with Crippen molar-refractivity contribution < 1.29 is 0 Å². The van der Waals surface area contributed by atoms with Gasteiger partial charge >= 0.3 is 0 Å². The summed E-state index contributed by atoms with van der Waals surface area (Å²) in [6, 6.07) is 6.12. The molecule has 1 heterocycles. The van der Waals surface area contributed by atoms with E-state index in [1.54, 1.807) is 11.3 Å². The summed E-state index contributed by atoms with van der Waals surface area (Å²) in [7, 11) is 3.91. The van der Waals surface area contributed by atoms with Crippen molar-refractivity contribution in [3.8, 4) is 11.3 Å². The van der Waals surface area contributed by atoms with E-state index in [0.717, 1.165) is 16.2 Å². The maximum Gasteiger partial charge on any atom is 0.184 e. The average Bonchev–Trinajstić information content (AvgIpc) is 2.75. The fourth-order valence-corrected chi connectivity index (χ4v) is 3.57. The molecule has 0 aliphatic heterocycles.